The average Bonchev–Trinajstić information content (AvgIpc) is 2.68. The minimum atomic E-state index is 0.108. The lowest BCUT2D eigenvalue weighted by molar-refractivity contribution is 0.218. The lowest BCUT2D eigenvalue weighted by Crippen LogP contribution is -2.43. The molecule has 2 heterocycles. The molecule has 19 heavy (non-hydrogen) atoms. The van der Waals surface area contributed by atoms with E-state index in [-0.39, 0.29) is 5.54 Å². The van der Waals surface area contributed by atoms with Crippen LogP contribution in [0.5, 0.6) is 0 Å². The number of nitrogens with one attached hydrogen (secondary N) is 1. The Balaban J connectivity index is 2.20. The van der Waals surface area contributed by atoms with Gasteiger partial charge in [-0.2, -0.15) is 0 Å². The van der Waals surface area contributed by atoms with Crippen LogP contribution in [0.4, 0.5) is 0 Å². The van der Waals surface area contributed by atoms with Gasteiger partial charge in [-0.15, -0.1) is 11.3 Å². The van der Waals surface area contributed by atoms with Crippen molar-refractivity contribution >= 4 is 11.3 Å². The van der Waals surface area contributed by atoms with E-state index in [1.165, 1.54) is 37.4 Å². The predicted octanol–water partition coefficient (Wildman–Crippen LogP) is 3.15. The molecule has 3 nitrogen and oxygen atoms in total. The van der Waals surface area contributed by atoms with Crippen LogP contribution in [0.3, 0.4) is 0 Å². The highest BCUT2D eigenvalue weighted by Crippen LogP contribution is 2.35. The molecule has 0 saturated carbocycles. The molecule has 108 valence electrons. The lowest BCUT2D eigenvalue weighted by Gasteiger charge is -2.32. The van der Waals surface area contributed by atoms with Gasteiger partial charge in [0, 0.05) is 23.7 Å². The fourth-order valence-corrected chi connectivity index (χ4v) is 4.08. The number of hydrogen-bond donors (Lipinski definition) is 1. The van der Waals surface area contributed by atoms with Crippen molar-refractivity contribution in [1.29, 1.82) is 0 Å². The maximum atomic E-state index is 4.77. The summed E-state index contributed by atoms with van der Waals surface area (Å²) in [5.74, 6) is 0. The van der Waals surface area contributed by atoms with Crippen LogP contribution >= 0.6 is 11.3 Å². The summed E-state index contributed by atoms with van der Waals surface area (Å²) in [6.45, 7) is 12.3. The average molecular weight is 281 g/mol. The Kier molecular flexibility index (Phi) is 4.98. The molecule has 1 saturated heterocycles. The number of nitrogens with zero attached hydrogens (tertiary/aromatic N) is 2. The van der Waals surface area contributed by atoms with Gasteiger partial charge in [0.1, 0.15) is 5.01 Å². The predicted molar refractivity (Wildman–Crippen MR) is 82.8 cm³/mol. The molecule has 1 aromatic heterocycles. The fourth-order valence-electron chi connectivity index (χ4n) is 3.05. The third kappa shape index (κ3) is 3.36. The van der Waals surface area contributed by atoms with Crippen LogP contribution in [0.1, 0.15) is 50.7 Å². The Morgan fingerprint density at radius 1 is 1.42 bits per heavy atom. The molecule has 0 amide bonds. The van der Waals surface area contributed by atoms with E-state index < -0.39 is 0 Å². The van der Waals surface area contributed by atoms with E-state index in [4.69, 9.17) is 4.98 Å². The van der Waals surface area contributed by atoms with Crippen LogP contribution in [0.25, 0.3) is 0 Å². The normalized spacial score (nSPS) is 25.7. The van der Waals surface area contributed by atoms with E-state index >= 15 is 0 Å². The molecule has 0 spiro atoms. The molecule has 1 N–H and O–H groups in total. The fraction of sp³-hybridized carbons (Fsp3) is 0.800. The number of hydrogen-bond acceptors (Lipinski definition) is 4. The first kappa shape index (κ1) is 14.9. The molecule has 0 bridgehead atoms. The Bertz CT molecular complexity index is 402. The van der Waals surface area contributed by atoms with Gasteiger partial charge in [-0.3, -0.25) is 0 Å². The Labute approximate surface area is 121 Å². The van der Waals surface area contributed by atoms with E-state index in [9.17, 15) is 0 Å². The summed E-state index contributed by atoms with van der Waals surface area (Å²) in [5, 5.41) is 7.22. The Morgan fingerprint density at radius 3 is 2.79 bits per heavy atom. The molecule has 1 aliphatic rings. The van der Waals surface area contributed by atoms with Gasteiger partial charge in [-0.05, 0) is 53.1 Å². The summed E-state index contributed by atoms with van der Waals surface area (Å²) in [4.78, 5) is 7.37. The van der Waals surface area contributed by atoms with Crippen molar-refractivity contribution in [2.45, 2.75) is 58.5 Å². The number of aryl methyl sites for hydroxylation is 1. The first-order valence-corrected chi connectivity index (χ1v) is 8.37. The van der Waals surface area contributed by atoms with Gasteiger partial charge < -0.3 is 10.2 Å². The molecule has 1 fully saturated rings. The molecule has 1 atom stereocenters. The number of rotatable bonds is 4. The second kappa shape index (κ2) is 6.33. The smallest absolute Gasteiger partial charge is 0.113 e. The van der Waals surface area contributed by atoms with E-state index in [0.717, 1.165) is 12.2 Å². The van der Waals surface area contributed by atoms with E-state index in [1.54, 1.807) is 0 Å². The highest BCUT2D eigenvalue weighted by Gasteiger charge is 2.36. The molecular formula is C15H27N3S. The van der Waals surface area contributed by atoms with Crippen LogP contribution in [0.2, 0.25) is 0 Å². The van der Waals surface area contributed by atoms with Crippen LogP contribution in [0.15, 0.2) is 5.38 Å². The third-order valence-corrected chi connectivity index (χ3v) is 5.31. The van der Waals surface area contributed by atoms with Crippen LogP contribution in [0, 0.1) is 6.92 Å². The molecule has 1 aliphatic heterocycles. The van der Waals surface area contributed by atoms with Gasteiger partial charge in [-0.1, -0.05) is 6.92 Å². The monoisotopic (exact) mass is 281 g/mol. The molecular weight excluding hydrogens is 254 g/mol. The Morgan fingerprint density at radius 2 is 2.21 bits per heavy atom. The van der Waals surface area contributed by atoms with E-state index in [2.05, 4.69) is 43.3 Å². The van der Waals surface area contributed by atoms with Crippen LogP contribution in [-0.4, -0.2) is 35.6 Å². The Hall–Kier alpha value is -0.450. The van der Waals surface area contributed by atoms with E-state index in [0.29, 0.717) is 6.04 Å². The zero-order chi connectivity index (χ0) is 13.9. The zero-order valence-corrected chi connectivity index (χ0v) is 13.5. The largest absolute Gasteiger partial charge is 0.306 e. The highest BCUT2D eigenvalue weighted by molar-refractivity contribution is 7.09. The van der Waals surface area contributed by atoms with Crippen molar-refractivity contribution in [2.24, 2.45) is 0 Å². The highest BCUT2D eigenvalue weighted by atomic mass is 32.1. The maximum absolute atomic E-state index is 4.77. The quantitative estimate of drug-likeness (QED) is 0.919. The van der Waals surface area contributed by atoms with Gasteiger partial charge in [0.15, 0.2) is 0 Å². The minimum absolute atomic E-state index is 0.108. The van der Waals surface area contributed by atoms with Crippen molar-refractivity contribution in [3.8, 4) is 0 Å². The first-order chi connectivity index (χ1) is 9.07. The topological polar surface area (TPSA) is 28.2 Å². The molecule has 2 rings (SSSR count). The van der Waals surface area contributed by atoms with E-state index in [1.807, 2.05) is 11.3 Å². The van der Waals surface area contributed by atoms with Crippen LogP contribution < -0.4 is 5.32 Å². The summed E-state index contributed by atoms with van der Waals surface area (Å²) < 4.78 is 0. The van der Waals surface area contributed by atoms with Crippen molar-refractivity contribution in [2.75, 3.05) is 19.6 Å². The standard InChI is InChI=1S/C15H27N3S/c1-5-16-15(14-17-13(4)11-19-14)7-6-9-18(10-8-15)12(2)3/h11-12,16H,5-10H2,1-4H3. The molecule has 0 aromatic carbocycles. The van der Waals surface area contributed by atoms with Gasteiger partial charge in [0.25, 0.3) is 0 Å². The van der Waals surface area contributed by atoms with Crippen molar-refractivity contribution in [3.63, 3.8) is 0 Å². The zero-order valence-electron chi connectivity index (χ0n) is 12.7. The summed E-state index contributed by atoms with van der Waals surface area (Å²) in [6, 6.07) is 0.649. The molecule has 1 aromatic rings. The van der Waals surface area contributed by atoms with Crippen molar-refractivity contribution in [3.05, 3.63) is 16.1 Å². The van der Waals surface area contributed by atoms with Gasteiger partial charge >= 0.3 is 0 Å². The van der Waals surface area contributed by atoms with Gasteiger partial charge in [-0.25, -0.2) is 4.98 Å². The number of likely N-dealkylation sites (tertiary alicyclic amines) is 1. The number of thiazole rings is 1. The third-order valence-electron chi connectivity index (χ3n) is 4.15. The molecule has 0 radical (unpaired) electrons. The molecule has 4 heteroatoms. The second-order valence-electron chi connectivity index (χ2n) is 5.89. The van der Waals surface area contributed by atoms with Gasteiger partial charge in [0.05, 0.1) is 5.54 Å². The van der Waals surface area contributed by atoms with Crippen molar-refractivity contribution < 1.29 is 0 Å². The maximum Gasteiger partial charge on any atom is 0.113 e. The summed E-state index contributed by atoms with van der Waals surface area (Å²) >= 11 is 1.82. The number of aromatic nitrogens is 1. The first-order valence-electron chi connectivity index (χ1n) is 7.49. The summed E-state index contributed by atoms with van der Waals surface area (Å²) in [5.41, 5.74) is 1.26. The lowest BCUT2D eigenvalue weighted by atomic mass is 9.91. The van der Waals surface area contributed by atoms with Crippen LogP contribution in [-0.2, 0) is 5.54 Å². The second-order valence-corrected chi connectivity index (χ2v) is 6.75. The summed E-state index contributed by atoms with van der Waals surface area (Å²) in [7, 11) is 0. The van der Waals surface area contributed by atoms with Crippen molar-refractivity contribution in [1.82, 2.24) is 15.2 Å². The summed E-state index contributed by atoms with van der Waals surface area (Å²) in [6.07, 6.45) is 3.63. The SMILES string of the molecule is CCNC1(c2nc(C)cs2)CCCN(C(C)C)CC1. The molecule has 1 unspecified atom stereocenters. The molecule has 0 aliphatic carbocycles. The van der Waals surface area contributed by atoms with Gasteiger partial charge in [0.2, 0.25) is 0 Å². The minimum Gasteiger partial charge on any atom is -0.306 e.